The maximum atomic E-state index is 6.13. The Balaban J connectivity index is 2.26. The van der Waals surface area contributed by atoms with Crippen LogP contribution in [-0.2, 0) is 13.6 Å². The molecule has 16 heavy (non-hydrogen) atoms. The third-order valence-corrected chi connectivity index (χ3v) is 3.69. The van der Waals surface area contributed by atoms with Gasteiger partial charge in [0.05, 0.1) is 5.69 Å². The van der Waals surface area contributed by atoms with E-state index in [0.29, 0.717) is 0 Å². The standard InChI is InChI=1S/C11H20ClN3S/c1-9-10(11(12)15(2)14-9)8-13-6-4-5-7-16-3/h13H,4-8H2,1-3H3. The fourth-order valence-electron chi connectivity index (χ4n) is 1.58. The van der Waals surface area contributed by atoms with Crippen LogP contribution in [0.5, 0.6) is 0 Å². The number of hydrogen-bond acceptors (Lipinski definition) is 3. The summed E-state index contributed by atoms with van der Waals surface area (Å²) in [6.07, 6.45) is 4.64. The van der Waals surface area contributed by atoms with Crippen LogP contribution in [0.1, 0.15) is 24.1 Å². The van der Waals surface area contributed by atoms with Crippen LogP contribution in [0.4, 0.5) is 0 Å². The Kier molecular flexibility index (Phi) is 6.24. The van der Waals surface area contributed by atoms with Crippen LogP contribution < -0.4 is 5.32 Å². The highest BCUT2D eigenvalue weighted by molar-refractivity contribution is 7.98. The molecule has 0 aliphatic rings. The number of halogens is 1. The number of unbranched alkanes of at least 4 members (excludes halogenated alkanes) is 1. The minimum absolute atomic E-state index is 0.745. The maximum Gasteiger partial charge on any atom is 0.131 e. The molecule has 92 valence electrons. The van der Waals surface area contributed by atoms with Crippen molar-refractivity contribution in [2.24, 2.45) is 7.05 Å². The first-order valence-electron chi connectivity index (χ1n) is 5.54. The van der Waals surface area contributed by atoms with Crippen molar-refractivity contribution in [3.8, 4) is 0 Å². The molecule has 5 heteroatoms. The maximum absolute atomic E-state index is 6.13. The number of nitrogens with zero attached hydrogens (tertiary/aromatic N) is 2. The van der Waals surface area contributed by atoms with E-state index in [1.807, 2.05) is 25.7 Å². The zero-order chi connectivity index (χ0) is 12.0. The van der Waals surface area contributed by atoms with Crippen molar-refractivity contribution in [3.63, 3.8) is 0 Å². The summed E-state index contributed by atoms with van der Waals surface area (Å²) in [5.74, 6) is 1.24. The molecule has 1 aromatic rings. The number of hydrogen-bond donors (Lipinski definition) is 1. The summed E-state index contributed by atoms with van der Waals surface area (Å²) < 4.78 is 1.72. The van der Waals surface area contributed by atoms with E-state index >= 15 is 0 Å². The molecule has 0 aliphatic heterocycles. The number of nitrogens with one attached hydrogen (secondary N) is 1. The summed E-state index contributed by atoms with van der Waals surface area (Å²) >= 11 is 8.04. The van der Waals surface area contributed by atoms with Gasteiger partial charge in [0.25, 0.3) is 0 Å². The molecule has 0 saturated heterocycles. The predicted octanol–water partition coefficient (Wildman–Crippen LogP) is 2.61. The first-order chi connectivity index (χ1) is 7.66. The molecule has 3 nitrogen and oxygen atoms in total. The molecule has 1 heterocycles. The molecular weight excluding hydrogens is 242 g/mol. The number of aryl methyl sites for hydroxylation is 2. The number of aromatic nitrogens is 2. The normalized spacial score (nSPS) is 11.0. The molecule has 0 spiro atoms. The van der Waals surface area contributed by atoms with Gasteiger partial charge in [0.1, 0.15) is 5.15 Å². The third kappa shape index (κ3) is 4.00. The van der Waals surface area contributed by atoms with Crippen LogP contribution in [0.3, 0.4) is 0 Å². The highest BCUT2D eigenvalue weighted by atomic mass is 35.5. The second-order valence-electron chi connectivity index (χ2n) is 3.86. The first-order valence-corrected chi connectivity index (χ1v) is 7.31. The van der Waals surface area contributed by atoms with Crippen LogP contribution in [0.25, 0.3) is 0 Å². The van der Waals surface area contributed by atoms with Gasteiger partial charge in [-0.3, -0.25) is 4.68 Å². The van der Waals surface area contributed by atoms with E-state index in [2.05, 4.69) is 16.7 Å². The van der Waals surface area contributed by atoms with E-state index in [0.717, 1.165) is 29.5 Å². The monoisotopic (exact) mass is 261 g/mol. The van der Waals surface area contributed by atoms with Crippen LogP contribution in [0.15, 0.2) is 0 Å². The van der Waals surface area contributed by atoms with Crippen LogP contribution in [0.2, 0.25) is 5.15 Å². The molecule has 1 rings (SSSR count). The zero-order valence-electron chi connectivity index (χ0n) is 10.2. The Bertz CT molecular complexity index is 325. The smallest absolute Gasteiger partial charge is 0.131 e. The van der Waals surface area contributed by atoms with Crippen molar-refractivity contribution < 1.29 is 0 Å². The zero-order valence-corrected chi connectivity index (χ0v) is 11.8. The predicted molar refractivity (Wildman–Crippen MR) is 72.3 cm³/mol. The van der Waals surface area contributed by atoms with Gasteiger partial charge in [0, 0.05) is 19.2 Å². The fraction of sp³-hybridized carbons (Fsp3) is 0.727. The van der Waals surface area contributed by atoms with E-state index < -0.39 is 0 Å². The second-order valence-corrected chi connectivity index (χ2v) is 5.20. The number of thioether (sulfide) groups is 1. The molecule has 0 unspecified atom stereocenters. The molecule has 0 aromatic carbocycles. The minimum atomic E-state index is 0.745. The van der Waals surface area contributed by atoms with Crippen molar-refractivity contribution >= 4 is 23.4 Å². The molecule has 0 atom stereocenters. The van der Waals surface area contributed by atoms with E-state index in [9.17, 15) is 0 Å². The van der Waals surface area contributed by atoms with Crippen molar-refractivity contribution in [2.45, 2.75) is 26.3 Å². The van der Waals surface area contributed by atoms with Gasteiger partial charge >= 0.3 is 0 Å². The van der Waals surface area contributed by atoms with Gasteiger partial charge in [-0.15, -0.1) is 0 Å². The summed E-state index contributed by atoms with van der Waals surface area (Å²) in [5.41, 5.74) is 2.14. The highest BCUT2D eigenvalue weighted by Crippen LogP contribution is 2.17. The molecule has 0 radical (unpaired) electrons. The Morgan fingerprint density at radius 2 is 2.19 bits per heavy atom. The summed E-state index contributed by atoms with van der Waals surface area (Å²) in [7, 11) is 1.87. The molecule has 0 aliphatic carbocycles. The Morgan fingerprint density at radius 3 is 2.75 bits per heavy atom. The average molecular weight is 262 g/mol. The lowest BCUT2D eigenvalue weighted by atomic mass is 10.2. The lowest BCUT2D eigenvalue weighted by Crippen LogP contribution is -2.15. The Morgan fingerprint density at radius 1 is 1.44 bits per heavy atom. The molecule has 1 aromatic heterocycles. The fourth-order valence-corrected chi connectivity index (χ4v) is 2.32. The van der Waals surface area contributed by atoms with Gasteiger partial charge in [0.2, 0.25) is 0 Å². The van der Waals surface area contributed by atoms with Crippen molar-refractivity contribution in [3.05, 3.63) is 16.4 Å². The Hall–Kier alpha value is -0.190. The first kappa shape index (κ1) is 13.9. The van der Waals surface area contributed by atoms with Gasteiger partial charge < -0.3 is 5.32 Å². The van der Waals surface area contributed by atoms with Crippen LogP contribution >= 0.6 is 23.4 Å². The molecule has 0 saturated carbocycles. The lowest BCUT2D eigenvalue weighted by Gasteiger charge is -2.04. The highest BCUT2D eigenvalue weighted by Gasteiger charge is 2.09. The molecule has 1 N–H and O–H groups in total. The number of rotatable bonds is 7. The quantitative estimate of drug-likeness (QED) is 0.766. The van der Waals surface area contributed by atoms with Crippen molar-refractivity contribution in [1.82, 2.24) is 15.1 Å². The average Bonchev–Trinajstić information content (AvgIpc) is 2.49. The Labute approximate surface area is 107 Å². The molecule has 0 bridgehead atoms. The van der Waals surface area contributed by atoms with Crippen molar-refractivity contribution in [2.75, 3.05) is 18.6 Å². The van der Waals surface area contributed by atoms with E-state index in [1.54, 1.807) is 4.68 Å². The molecular formula is C11H20ClN3S. The van der Waals surface area contributed by atoms with Crippen molar-refractivity contribution in [1.29, 1.82) is 0 Å². The summed E-state index contributed by atoms with van der Waals surface area (Å²) in [5, 5.41) is 8.43. The molecule has 0 fully saturated rings. The largest absolute Gasteiger partial charge is 0.312 e. The van der Waals surface area contributed by atoms with Crippen LogP contribution in [-0.4, -0.2) is 28.3 Å². The second kappa shape index (κ2) is 7.20. The van der Waals surface area contributed by atoms with Gasteiger partial charge in [-0.05, 0) is 38.3 Å². The van der Waals surface area contributed by atoms with Gasteiger partial charge in [0.15, 0.2) is 0 Å². The van der Waals surface area contributed by atoms with Gasteiger partial charge in [-0.2, -0.15) is 16.9 Å². The minimum Gasteiger partial charge on any atom is -0.312 e. The van der Waals surface area contributed by atoms with E-state index in [-0.39, 0.29) is 0 Å². The SMILES string of the molecule is CSCCCCNCc1c(C)nn(C)c1Cl. The summed E-state index contributed by atoms with van der Waals surface area (Å²) in [6.45, 7) is 3.86. The summed E-state index contributed by atoms with van der Waals surface area (Å²) in [6, 6.07) is 0. The third-order valence-electron chi connectivity index (χ3n) is 2.52. The topological polar surface area (TPSA) is 29.9 Å². The lowest BCUT2D eigenvalue weighted by molar-refractivity contribution is 0.642. The molecule has 0 amide bonds. The van der Waals surface area contributed by atoms with E-state index in [1.165, 1.54) is 18.6 Å². The van der Waals surface area contributed by atoms with Gasteiger partial charge in [-0.1, -0.05) is 11.6 Å². The summed E-state index contributed by atoms with van der Waals surface area (Å²) in [4.78, 5) is 0. The van der Waals surface area contributed by atoms with Gasteiger partial charge in [-0.25, -0.2) is 0 Å². The van der Waals surface area contributed by atoms with Crippen LogP contribution in [0, 0.1) is 6.92 Å². The van der Waals surface area contributed by atoms with E-state index in [4.69, 9.17) is 11.6 Å².